The molecule has 0 bridgehead atoms. The second kappa shape index (κ2) is 13.8. The maximum absolute atomic E-state index is 13.4. The number of aryl methyl sites for hydroxylation is 1. The van der Waals surface area contributed by atoms with Crippen molar-refractivity contribution in [3.05, 3.63) is 44.7 Å². The Morgan fingerprint density at radius 3 is 2.66 bits per heavy atom. The molecule has 190 valence electrons. The minimum atomic E-state index is -0.216. The maximum Gasteiger partial charge on any atom is 0.267 e. The van der Waals surface area contributed by atoms with E-state index in [0.29, 0.717) is 52.6 Å². The number of unbranched alkanes of at least 4 members (excludes halogenated alkanes) is 5. The van der Waals surface area contributed by atoms with Gasteiger partial charge in [0.25, 0.3) is 11.5 Å². The summed E-state index contributed by atoms with van der Waals surface area (Å²) in [7, 11) is 0. The number of anilines is 1. The minimum Gasteiger partial charge on any atom is -0.382 e. The van der Waals surface area contributed by atoms with Crippen molar-refractivity contribution in [1.82, 2.24) is 14.3 Å². The topological polar surface area (TPSA) is 75.9 Å². The first-order valence-electron chi connectivity index (χ1n) is 12.6. The average molecular weight is 517 g/mol. The largest absolute Gasteiger partial charge is 0.382 e. The molecule has 1 saturated heterocycles. The van der Waals surface area contributed by atoms with E-state index in [1.807, 2.05) is 26.0 Å². The predicted molar refractivity (Wildman–Crippen MR) is 149 cm³/mol. The van der Waals surface area contributed by atoms with Crippen LogP contribution in [0.5, 0.6) is 0 Å². The third-order valence-electron chi connectivity index (χ3n) is 5.85. The van der Waals surface area contributed by atoms with E-state index < -0.39 is 0 Å². The highest BCUT2D eigenvalue weighted by molar-refractivity contribution is 8.26. The van der Waals surface area contributed by atoms with Gasteiger partial charge < -0.3 is 10.1 Å². The van der Waals surface area contributed by atoms with Crippen molar-refractivity contribution in [3.63, 3.8) is 0 Å². The lowest BCUT2D eigenvalue weighted by atomic mass is 10.1. The van der Waals surface area contributed by atoms with Gasteiger partial charge in [-0.1, -0.05) is 69.1 Å². The molecule has 7 nitrogen and oxygen atoms in total. The zero-order valence-electron chi connectivity index (χ0n) is 21.0. The number of nitrogens with zero attached hydrogens (tertiary/aromatic N) is 3. The Balaban J connectivity index is 1.82. The van der Waals surface area contributed by atoms with Crippen LogP contribution in [0.2, 0.25) is 0 Å². The summed E-state index contributed by atoms with van der Waals surface area (Å²) in [5.74, 6) is 0.334. The van der Waals surface area contributed by atoms with Crippen molar-refractivity contribution in [3.8, 4) is 0 Å². The van der Waals surface area contributed by atoms with E-state index in [0.717, 1.165) is 24.8 Å². The van der Waals surface area contributed by atoms with E-state index in [1.54, 1.807) is 17.2 Å². The van der Waals surface area contributed by atoms with Crippen molar-refractivity contribution in [2.75, 3.05) is 31.6 Å². The first-order valence-corrected chi connectivity index (χ1v) is 13.8. The number of aromatic nitrogens is 2. The van der Waals surface area contributed by atoms with Gasteiger partial charge in [0.05, 0.1) is 10.5 Å². The molecule has 0 spiro atoms. The van der Waals surface area contributed by atoms with Gasteiger partial charge in [0, 0.05) is 32.5 Å². The third kappa shape index (κ3) is 7.38. The lowest BCUT2D eigenvalue weighted by Gasteiger charge is -2.14. The smallest absolute Gasteiger partial charge is 0.267 e. The number of thiocarbonyl (C=S) groups is 1. The van der Waals surface area contributed by atoms with Crippen LogP contribution in [-0.4, -0.2) is 50.8 Å². The molecule has 0 saturated carbocycles. The Morgan fingerprint density at radius 1 is 1.11 bits per heavy atom. The number of hydrogen-bond acceptors (Lipinski definition) is 7. The van der Waals surface area contributed by atoms with Crippen molar-refractivity contribution < 1.29 is 9.53 Å². The molecule has 1 fully saturated rings. The molecule has 1 aliphatic heterocycles. The molecule has 0 radical (unpaired) electrons. The standard InChI is InChI=1S/C26H36N4O3S2/c1-4-6-7-8-9-10-15-29-25(32)21(35-26(29)34)17-20-23(27-14-11-16-33-5-2)28-22-13-12-19(3)18-30(22)24(20)31/h12-13,17-18,27H,4-11,14-16H2,1-3H3/b21-17+. The summed E-state index contributed by atoms with van der Waals surface area (Å²) in [5, 5.41) is 3.27. The molecule has 35 heavy (non-hydrogen) atoms. The summed E-state index contributed by atoms with van der Waals surface area (Å²) < 4.78 is 7.49. The number of nitrogens with one attached hydrogen (secondary N) is 1. The second-order valence-corrected chi connectivity index (χ2v) is 10.4. The molecular formula is C26H36N4O3S2. The third-order valence-corrected chi connectivity index (χ3v) is 7.23. The average Bonchev–Trinajstić information content (AvgIpc) is 3.11. The number of pyridine rings is 1. The molecule has 0 atom stereocenters. The highest BCUT2D eigenvalue weighted by Gasteiger charge is 2.32. The Hall–Kier alpha value is -2.23. The van der Waals surface area contributed by atoms with Crippen LogP contribution in [0.25, 0.3) is 11.7 Å². The quantitative estimate of drug-likeness (QED) is 0.205. The first kappa shape index (κ1) is 27.4. The Bertz CT molecular complexity index is 1130. The number of amides is 1. The van der Waals surface area contributed by atoms with E-state index in [2.05, 4.69) is 17.2 Å². The van der Waals surface area contributed by atoms with Crippen LogP contribution in [-0.2, 0) is 9.53 Å². The molecule has 0 aromatic carbocycles. The van der Waals surface area contributed by atoms with Crippen LogP contribution in [0, 0.1) is 6.92 Å². The number of fused-ring (bicyclic) bond motifs is 1. The maximum atomic E-state index is 13.4. The van der Waals surface area contributed by atoms with Gasteiger partial charge >= 0.3 is 0 Å². The van der Waals surface area contributed by atoms with Crippen LogP contribution in [0.4, 0.5) is 5.82 Å². The number of rotatable bonds is 14. The fourth-order valence-electron chi connectivity index (χ4n) is 3.92. The zero-order chi connectivity index (χ0) is 25.2. The van der Waals surface area contributed by atoms with E-state index in [9.17, 15) is 9.59 Å². The molecule has 3 heterocycles. The van der Waals surface area contributed by atoms with Crippen molar-refractivity contribution in [1.29, 1.82) is 0 Å². The fraction of sp³-hybridized carbons (Fsp3) is 0.538. The first-order chi connectivity index (χ1) is 17.0. The lowest BCUT2D eigenvalue weighted by Crippen LogP contribution is -2.29. The molecule has 2 aromatic rings. The molecule has 2 aromatic heterocycles. The highest BCUT2D eigenvalue weighted by atomic mass is 32.2. The number of carbonyl (C=O) groups excluding carboxylic acids is 1. The molecule has 0 aliphatic carbocycles. The normalized spacial score (nSPS) is 15.1. The van der Waals surface area contributed by atoms with E-state index in [-0.39, 0.29) is 11.5 Å². The predicted octanol–water partition coefficient (Wildman–Crippen LogP) is 5.40. The summed E-state index contributed by atoms with van der Waals surface area (Å²) >= 11 is 6.75. The van der Waals surface area contributed by atoms with Crippen LogP contribution in [0.1, 0.15) is 69.9 Å². The summed E-state index contributed by atoms with van der Waals surface area (Å²) in [5.41, 5.74) is 1.66. The SMILES string of the molecule is CCCCCCCCN1C(=O)/C(=C\c2c(NCCCOCC)nc3ccc(C)cn3c2=O)SC1=S. The molecule has 9 heteroatoms. The van der Waals surface area contributed by atoms with Crippen LogP contribution >= 0.6 is 24.0 Å². The van der Waals surface area contributed by atoms with Gasteiger partial charge in [0.15, 0.2) is 0 Å². The van der Waals surface area contributed by atoms with Crippen molar-refractivity contribution >= 4 is 51.7 Å². The zero-order valence-corrected chi connectivity index (χ0v) is 22.6. The summed E-state index contributed by atoms with van der Waals surface area (Å²) in [6, 6.07) is 3.75. The van der Waals surface area contributed by atoms with Crippen molar-refractivity contribution in [2.45, 2.75) is 65.7 Å². The van der Waals surface area contributed by atoms with Gasteiger partial charge in [-0.15, -0.1) is 0 Å². The molecule has 3 rings (SSSR count). The molecular weight excluding hydrogens is 480 g/mol. The van der Waals surface area contributed by atoms with Crippen LogP contribution in [0.3, 0.4) is 0 Å². The van der Waals surface area contributed by atoms with Crippen LogP contribution < -0.4 is 10.9 Å². The molecule has 1 N–H and O–H groups in total. The lowest BCUT2D eigenvalue weighted by molar-refractivity contribution is -0.122. The van der Waals surface area contributed by atoms with Gasteiger partial charge in [-0.05, 0) is 44.4 Å². The number of thioether (sulfide) groups is 1. The number of carbonyl (C=O) groups is 1. The van der Waals surface area contributed by atoms with E-state index in [4.69, 9.17) is 17.0 Å². The van der Waals surface area contributed by atoms with E-state index >= 15 is 0 Å². The molecule has 1 amide bonds. The minimum absolute atomic E-state index is 0.135. The van der Waals surface area contributed by atoms with Crippen molar-refractivity contribution in [2.24, 2.45) is 0 Å². The van der Waals surface area contributed by atoms with Gasteiger partial charge in [-0.3, -0.25) is 18.9 Å². The van der Waals surface area contributed by atoms with Gasteiger partial charge in [-0.2, -0.15) is 0 Å². The van der Waals surface area contributed by atoms with Gasteiger partial charge in [0.2, 0.25) is 0 Å². The summed E-state index contributed by atoms with van der Waals surface area (Å²) in [6.07, 6.45) is 11.1. The number of hydrogen-bond donors (Lipinski definition) is 1. The molecule has 0 unspecified atom stereocenters. The van der Waals surface area contributed by atoms with Crippen LogP contribution in [0.15, 0.2) is 28.0 Å². The second-order valence-electron chi connectivity index (χ2n) is 8.69. The summed E-state index contributed by atoms with van der Waals surface area (Å²) in [4.78, 5) is 33.4. The van der Waals surface area contributed by atoms with Gasteiger partial charge in [-0.25, -0.2) is 4.98 Å². The fourth-order valence-corrected chi connectivity index (χ4v) is 5.21. The Labute approximate surface area is 217 Å². The highest BCUT2D eigenvalue weighted by Crippen LogP contribution is 2.33. The summed E-state index contributed by atoms with van der Waals surface area (Å²) in [6.45, 7) is 8.61. The van der Waals surface area contributed by atoms with Gasteiger partial charge in [0.1, 0.15) is 15.8 Å². The Morgan fingerprint density at radius 2 is 1.89 bits per heavy atom. The Kier molecular flexibility index (Phi) is 10.7. The number of ether oxygens (including phenoxy) is 1. The monoisotopic (exact) mass is 516 g/mol. The van der Waals surface area contributed by atoms with E-state index in [1.165, 1.54) is 41.8 Å². The molecule has 1 aliphatic rings.